The van der Waals surface area contributed by atoms with E-state index in [-0.39, 0.29) is 12.8 Å². The highest BCUT2D eigenvalue weighted by atomic mass is 16.7. The maximum absolute atomic E-state index is 13.2. The number of ether oxygens (including phenoxy) is 2. The molecule has 0 radical (unpaired) electrons. The second-order valence-corrected chi connectivity index (χ2v) is 23.2. The Balaban J connectivity index is 2.26. The lowest BCUT2D eigenvalue weighted by atomic mass is 9.98. The first-order valence-corrected chi connectivity index (χ1v) is 32.7. The number of unbranched alkanes of at least 4 members (excludes halogenated alkanes) is 41. The Morgan fingerprint density at radius 3 is 1.17 bits per heavy atom. The van der Waals surface area contributed by atoms with E-state index in [1.807, 2.05) is 0 Å². The highest BCUT2D eigenvalue weighted by Gasteiger charge is 2.44. The van der Waals surface area contributed by atoms with E-state index < -0.39 is 74.2 Å². The van der Waals surface area contributed by atoms with Crippen molar-refractivity contribution in [3.05, 3.63) is 24.3 Å². The van der Waals surface area contributed by atoms with Crippen molar-refractivity contribution in [3.63, 3.8) is 0 Å². The SMILES string of the molecule is CCCCCCCCCCCCCCC/C=C/CC/C=C/CCCC(O)C(O)C(COC1OC(CO)C(O)C(O)C1O)NC(=O)C(O)CCCCCCCCCCCCCCCCCCCCCCCCCCCCC. The minimum atomic E-state index is -1.67. The summed E-state index contributed by atoms with van der Waals surface area (Å²) in [6.07, 6.45) is 55.4. The van der Waals surface area contributed by atoms with E-state index in [4.69, 9.17) is 9.47 Å². The molecule has 9 unspecified atom stereocenters. The second-order valence-electron chi connectivity index (χ2n) is 23.2. The Labute approximate surface area is 467 Å². The third-order valence-electron chi connectivity index (χ3n) is 16.0. The molecule has 0 aromatic carbocycles. The van der Waals surface area contributed by atoms with Crippen LogP contribution < -0.4 is 5.32 Å². The number of allylic oxidation sites excluding steroid dienone is 4. The predicted molar refractivity (Wildman–Crippen MR) is 316 cm³/mol. The van der Waals surface area contributed by atoms with Crippen LogP contribution in [0.4, 0.5) is 0 Å². The number of nitrogens with one attached hydrogen (secondary N) is 1. The van der Waals surface area contributed by atoms with Gasteiger partial charge in [-0.25, -0.2) is 0 Å². The van der Waals surface area contributed by atoms with Crippen molar-refractivity contribution in [2.24, 2.45) is 0 Å². The van der Waals surface area contributed by atoms with Gasteiger partial charge in [0.05, 0.1) is 25.4 Å². The average molecular weight is 1080 g/mol. The Morgan fingerprint density at radius 1 is 0.447 bits per heavy atom. The van der Waals surface area contributed by atoms with Gasteiger partial charge in [-0.3, -0.25) is 4.79 Å². The smallest absolute Gasteiger partial charge is 0.249 e. The topological polar surface area (TPSA) is 189 Å². The van der Waals surface area contributed by atoms with Crippen molar-refractivity contribution in [1.29, 1.82) is 0 Å². The molecule has 1 aliphatic rings. The molecular weight excluding hydrogens is 955 g/mol. The van der Waals surface area contributed by atoms with Gasteiger partial charge in [-0.05, 0) is 51.4 Å². The summed E-state index contributed by atoms with van der Waals surface area (Å²) >= 11 is 0. The molecule has 0 aromatic rings. The van der Waals surface area contributed by atoms with E-state index in [2.05, 4.69) is 43.5 Å². The molecular formula is C65H125NO10. The first-order chi connectivity index (χ1) is 37.2. The number of amides is 1. The van der Waals surface area contributed by atoms with Gasteiger partial charge in [-0.2, -0.15) is 0 Å². The van der Waals surface area contributed by atoms with Crippen LogP contribution in [0.15, 0.2) is 24.3 Å². The van der Waals surface area contributed by atoms with Gasteiger partial charge in [0, 0.05) is 0 Å². The molecule has 450 valence electrons. The van der Waals surface area contributed by atoms with Gasteiger partial charge in [-0.15, -0.1) is 0 Å². The molecule has 0 saturated carbocycles. The summed E-state index contributed by atoms with van der Waals surface area (Å²) < 4.78 is 11.2. The number of hydrogen-bond donors (Lipinski definition) is 8. The Bertz CT molecular complexity index is 1280. The summed E-state index contributed by atoms with van der Waals surface area (Å²) in [5, 5.41) is 76.3. The van der Waals surface area contributed by atoms with Crippen LogP contribution in [0.1, 0.15) is 316 Å². The third kappa shape index (κ3) is 41.6. The maximum Gasteiger partial charge on any atom is 0.249 e. The lowest BCUT2D eigenvalue weighted by Gasteiger charge is -2.40. The van der Waals surface area contributed by atoms with Crippen molar-refractivity contribution < 1.29 is 50.0 Å². The van der Waals surface area contributed by atoms with Crippen LogP contribution in [0.2, 0.25) is 0 Å². The lowest BCUT2D eigenvalue weighted by Crippen LogP contribution is -2.60. The van der Waals surface area contributed by atoms with Crippen molar-refractivity contribution in [3.8, 4) is 0 Å². The summed E-state index contributed by atoms with van der Waals surface area (Å²) in [4.78, 5) is 13.2. The number of aliphatic hydroxyl groups excluding tert-OH is 7. The molecule has 9 atom stereocenters. The number of carbonyl (C=O) groups is 1. The van der Waals surface area contributed by atoms with Crippen LogP contribution in [0.3, 0.4) is 0 Å². The third-order valence-corrected chi connectivity index (χ3v) is 16.0. The Kier molecular flexibility index (Phi) is 51.8. The van der Waals surface area contributed by atoms with E-state index in [1.165, 1.54) is 231 Å². The van der Waals surface area contributed by atoms with Gasteiger partial charge in [0.25, 0.3) is 0 Å². The molecule has 11 nitrogen and oxygen atoms in total. The van der Waals surface area contributed by atoms with E-state index in [1.54, 1.807) is 0 Å². The van der Waals surface area contributed by atoms with Crippen LogP contribution in [0.25, 0.3) is 0 Å². The van der Waals surface area contributed by atoms with E-state index >= 15 is 0 Å². The normalized spacial score (nSPS) is 19.7. The first-order valence-electron chi connectivity index (χ1n) is 32.7. The standard InChI is InChI=1S/C65H125NO10/c1-3-5-7-9-11-13-15-17-19-21-23-25-27-28-29-30-31-33-35-37-39-41-43-45-47-49-51-53-58(69)64(74)66-56(55-75-65-63(73)62(72)61(71)59(54-67)76-65)60(70)57(68)52-50-48-46-44-42-40-38-36-34-32-26-24-22-20-18-16-14-12-10-8-6-4-2/h36,38,44,46,56-63,65,67-73H,3-35,37,39-43,45,47-55H2,1-2H3,(H,66,74)/b38-36+,46-44+. The van der Waals surface area contributed by atoms with Gasteiger partial charge >= 0.3 is 0 Å². The van der Waals surface area contributed by atoms with Gasteiger partial charge < -0.3 is 50.5 Å². The minimum Gasteiger partial charge on any atom is -0.394 e. The molecule has 0 aliphatic carbocycles. The summed E-state index contributed by atoms with van der Waals surface area (Å²) in [5.41, 5.74) is 0. The summed E-state index contributed by atoms with van der Waals surface area (Å²) in [5.74, 6) is -0.704. The molecule has 1 aliphatic heterocycles. The van der Waals surface area contributed by atoms with Gasteiger partial charge in [0.1, 0.15) is 36.6 Å². The summed E-state index contributed by atoms with van der Waals surface area (Å²) in [6.45, 7) is 3.49. The van der Waals surface area contributed by atoms with Crippen molar-refractivity contribution in [2.75, 3.05) is 13.2 Å². The molecule has 11 heteroatoms. The molecule has 1 fully saturated rings. The number of rotatable bonds is 57. The highest BCUT2D eigenvalue weighted by molar-refractivity contribution is 5.80. The molecule has 0 bridgehead atoms. The minimum absolute atomic E-state index is 0.249. The van der Waals surface area contributed by atoms with Crippen molar-refractivity contribution >= 4 is 5.91 Å². The molecule has 0 spiro atoms. The van der Waals surface area contributed by atoms with Crippen molar-refractivity contribution in [1.82, 2.24) is 5.32 Å². The van der Waals surface area contributed by atoms with Gasteiger partial charge in [0.15, 0.2) is 6.29 Å². The molecule has 1 rings (SSSR count). The molecule has 8 N–H and O–H groups in total. The summed E-state index contributed by atoms with van der Waals surface area (Å²) in [7, 11) is 0. The monoisotopic (exact) mass is 1080 g/mol. The van der Waals surface area contributed by atoms with Crippen LogP contribution in [0, 0.1) is 0 Å². The highest BCUT2D eigenvalue weighted by Crippen LogP contribution is 2.24. The van der Waals surface area contributed by atoms with Crippen LogP contribution >= 0.6 is 0 Å². The average Bonchev–Trinajstić information content (AvgIpc) is 3.42. The van der Waals surface area contributed by atoms with Gasteiger partial charge in [-0.1, -0.05) is 289 Å². The molecule has 0 aromatic heterocycles. The maximum atomic E-state index is 13.2. The summed E-state index contributed by atoms with van der Waals surface area (Å²) in [6, 6.07) is -1.19. The Hall–Kier alpha value is -1.41. The number of hydrogen-bond acceptors (Lipinski definition) is 10. The van der Waals surface area contributed by atoms with E-state index in [0.717, 1.165) is 38.5 Å². The Morgan fingerprint density at radius 2 is 0.789 bits per heavy atom. The zero-order valence-electron chi connectivity index (χ0n) is 49.5. The molecule has 1 saturated heterocycles. The van der Waals surface area contributed by atoms with E-state index in [0.29, 0.717) is 19.3 Å². The largest absolute Gasteiger partial charge is 0.394 e. The fourth-order valence-corrected chi connectivity index (χ4v) is 10.7. The fraction of sp³-hybridized carbons (Fsp3) is 0.923. The number of carbonyl (C=O) groups excluding carboxylic acids is 1. The number of aliphatic hydroxyl groups is 7. The van der Waals surface area contributed by atoms with Crippen LogP contribution in [0.5, 0.6) is 0 Å². The zero-order chi connectivity index (χ0) is 55.4. The molecule has 76 heavy (non-hydrogen) atoms. The quantitative estimate of drug-likeness (QED) is 0.0215. The fourth-order valence-electron chi connectivity index (χ4n) is 10.7. The van der Waals surface area contributed by atoms with Crippen molar-refractivity contribution in [2.45, 2.75) is 371 Å². The predicted octanol–water partition coefficient (Wildman–Crippen LogP) is 14.9. The van der Waals surface area contributed by atoms with Crippen LogP contribution in [-0.2, 0) is 14.3 Å². The zero-order valence-corrected chi connectivity index (χ0v) is 49.5. The molecule has 1 amide bonds. The van der Waals surface area contributed by atoms with Crippen LogP contribution in [-0.4, -0.2) is 110 Å². The molecule has 1 heterocycles. The van der Waals surface area contributed by atoms with E-state index in [9.17, 15) is 40.5 Å². The second kappa shape index (κ2) is 54.2. The van der Waals surface area contributed by atoms with Gasteiger partial charge in [0.2, 0.25) is 5.91 Å². The lowest BCUT2D eigenvalue weighted by molar-refractivity contribution is -0.303. The first kappa shape index (κ1) is 72.6.